The molecule has 11 heteroatoms. The molecular weight excluding hydrogens is 572 g/mol. The van der Waals surface area contributed by atoms with Crippen LogP contribution in [0.5, 0.6) is 0 Å². The van der Waals surface area contributed by atoms with E-state index in [1.165, 1.54) is 11.8 Å². The van der Waals surface area contributed by atoms with Gasteiger partial charge < -0.3 is 15.2 Å². The number of halogens is 3. The van der Waals surface area contributed by atoms with Crippen LogP contribution in [0, 0.1) is 10.5 Å². The van der Waals surface area contributed by atoms with Crippen LogP contribution < -0.4 is 10.6 Å². The molecule has 0 spiro atoms. The molecule has 0 radical (unpaired) electrons. The molecule has 1 heterocycles. The minimum Gasteiger partial charge on any atom is -0.326 e. The molecule has 0 saturated heterocycles. The zero-order valence-corrected chi connectivity index (χ0v) is 21.1. The van der Waals surface area contributed by atoms with Crippen molar-refractivity contribution in [3.8, 4) is 0 Å². The van der Waals surface area contributed by atoms with Crippen molar-refractivity contribution < 1.29 is 9.59 Å². The van der Waals surface area contributed by atoms with Gasteiger partial charge in [0.25, 0.3) is 0 Å². The van der Waals surface area contributed by atoms with Gasteiger partial charge in [-0.1, -0.05) is 35.0 Å². The third-order valence-corrected chi connectivity index (χ3v) is 6.67. The third-order valence-electron chi connectivity index (χ3n) is 4.24. The van der Waals surface area contributed by atoms with Crippen molar-refractivity contribution in [2.45, 2.75) is 18.5 Å². The molecule has 3 aromatic rings. The summed E-state index contributed by atoms with van der Waals surface area (Å²) in [6.07, 6.45) is 0.0261. The van der Waals surface area contributed by atoms with E-state index in [0.717, 1.165) is 14.8 Å². The van der Waals surface area contributed by atoms with Gasteiger partial charge in [0.05, 0.1) is 22.2 Å². The predicted octanol–water partition coefficient (Wildman–Crippen LogP) is 4.95. The number of aryl methyl sites for hydroxylation is 1. The number of rotatable bonds is 7. The Bertz CT molecular complexity index is 1140. The standard InChI is InChI=1S/C20H18Cl2IN5O2S/c1-11-7-12(23)3-6-16(11)25-19(30)10-31-20-27-26-17(28(20)2)9-18(29)24-13-4-5-14(21)15(22)8-13/h3-8H,9-10H2,1-2H3,(H,24,29)(H,25,30). The molecule has 0 aliphatic carbocycles. The second-order valence-corrected chi connectivity index (χ2v) is 9.61. The Morgan fingerprint density at radius 1 is 1.06 bits per heavy atom. The van der Waals surface area contributed by atoms with E-state index < -0.39 is 0 Å². The van der Waals surface area contributed by atoms with Gasteiger partial charge in [-0.25, -0.2) is 0 Å². The number of aromatic nitrogens is 3. The van der Waals surface area contributed by atoms with Crippen molar-refractivity contribution >= 4 is 80.7 Å². The Balaban J connectivity index is 1.55. The Morgan fingerprint density at radius 2 is 1.84 bits per heavy atom. The summed E-state index contributed by atoms with van der Waals surface area (Å²) < 4.78 is 2.81. The number of benzene rings is 2. The Morgan fingerprint density at radius 3 is 2.55 bits per heavy atom. The lowest BCUT2D eigenvalue weighted by molar-refractivity contribution is -0.116. The molecule has 0 aliphatic heterocycles. The number of carbonyl (C=O) groups excluding carboxylic acids is 2. The molecule has 3 rings (SSSR count). The van der Waals surface area contributed by atoms with E-state index in [0.29, 0.717) is 26.7 Å². The van der Waals surface area contributed by atoms with Crippen LogP contribution in [-0.4, -0.2) is 32.3 Å². The highest BCUT2D eigenvalue weighted by molar-refractivity contribution is 14.1. The van der Waals surface area contributed by atoms with Gasteiger partial charge in [0.1, 0.15) is 5.82 Å². The highest BCUT2D eigenvalue weighted by atomic mass is 127. The van der Waals surface area contributed by atoms with Gasteiger partial charge in [-0.2, -0.15) is 0 Å². The molecule has 1 aromatic heterocycles. The van der Waals surface area contributed by atoms with Crippen LogP contribution in [0.1, 0.15) is 11.4 Å². The van der Waals surface area contributed by atoms with Crippen LogP contribution in [0.3, 0.4) is 0 Å². The first kappa shape index (κ1) is 23.8. The zero-order chi connectivity index (χ0) is 22.5. The van der Waals surface area contributed by atoms with E-state index >= 15 is 0 Å². The maximum absolute atomic E-state index is 12.3. The first-order valence-electron chi connectivity index (χ1n) is 9.05. The lowest BCUT2D eigenvalue weighted by atomic mass is 10.2. The molecule has 162 valence electrons. The minimum atomic E-state index is -0.266. The fraction of sp³-hybridized carbons (Fsp3) is 0.200. The fourth-order valence-corrected chi connectivity index (χ4v) is 4.31. The predicted molar refractivity (Wildman–Crippen MR) is 133 cm³/mol. The quantitative estimate of drug-likeness (QED) is 0.301. The van der Waals surface area contributed by atoms with E-state index in [9.17, 15) is 9.59 Å². The van der Waals surface area contributed by atoms with Gasteiger partial charge in [0.15, 0.2) is 5.16 Å². The Labute approximate surface area is 207 Å². The maximum Gasteiger partial charge on any atom is 0.234 e. The monoisotopic (exact) mass is 589 g/mol. The number of anilines is 2. The van der Waals surface area contributed by atoms with Crippen LogP contribution >= 0.6 is 57.6 Å². The van der Waals surface area contributed by atoms with Crippen molar-refractivity contribution in [1.82, 2.24) is 14.8 Å². The van der Waals surface area contributed by atoms with Crippen LogP contribution in [0.4, 0.5) is 11.4 Å². The molecule has 2 aromatic carbocycles. The highest BCUT2D eigenvalue weighted by Crippen LogP contribution is 2.25. The van der Waals surface area contributed by atoms with Gasteiger partial charge in [0, 0.05) is 22.0 Å². The molecule has 0 saturated carbocycles. The van der Waals surface area contributed by atoms with E-state index in [4.69, 9.17) is 23.2 Å². The Kier molecular flexibility index (Phi) is 8.20. The molecule has 0 bridgehead atoms. The van der Waals surface area contributed by atoms with E-state index in [-0.39, 0.29) is 24.0 Å². The smallest absolute Gasteiger partial charge is 0.234 e. The third kappa shape index (κ3) is 6.58. The molecule has 2 N–H and O–H groups in total. The summed E-state index contributed by atoms with van der Waals surface area (Å²) in [4.78, 5) is 24.6. The maximum atomic E-state index is 12.3. The van der Waals surface area contributed by atoms with Crippen molar-refractivity contribution in [1.29, 1.82) is 0 Å². The normalized spacial score (nSPS) is 10.7. The van der Waals surface area contributed by atoms with Crippen molar-refractivity contribution in [3.05, 3.63) is 61.4 Å². The molecule has 31 heavy (non-hydrogen) atoms. The topological polar surface area (TPSA) is 88.9 Å². The number of amides is 2. The summed E-state index contributed by atoms with van der Waals surface area (Å²) in [5.74, 6) is 0.245. The fourth-order valence-electron chi connectivity index (χ4n) is 2.63. The summed E-state index contributed by atoms with van der Waals surface area (Å²) in [7, 11) is 1.76. The number of nitrogens with one attached hydrogen (secondary N) is 2. The second kappa shape index (κ2) is 10.7. The average Bonchev–Trinajstić information content (AvgIpc) is 3.05. The number of hydrogen-bond donors (Lipinski definition) is 2. The first-order chi connectivity index (χ1) is 14.7. The number of carbonyl (C=O) groups is 2. The lowest BCUT2D eigenvalue weighted by Crippen LogP contribution is -2.17. The SMILES string of the molecule is Cc1cc(I)ccc1NC(=O)CSc1nnc(CC(=O)Nc2ccc(Cl)c(Cl)c2)n1C. The number of thioether (sulfide) groups is 1. The molecule has 0 atom stereocenters. The molecular formula is C20H18Cl2IN5O2S. The summed E-state index contributed by atoms with van der Waals surface area (Å²) in [5.41, 5.74) is 2.32. The number of hydrogen-bond acceptors (Lipinski definition) is 5. The van der Waals surface area contributed by atoms with E-state index in [2.05, 4.69) is 43.4 Å². The van der Waals surface area contributed by atoms with Crippen LogP contribution in [0.25, 0.3) is 0 Å². The summed E-state index contributed by atoms with van der Waals surface area (Å²) in [6.45, 7) is 1.95. The molecule has 0 fully saturated rings. The largest absolute Gasteiger partial charge is 0.326 e. The van der Waals surface area contributed by atoms with Crippen LogP contribution in [-0.2, 0) is 23.1 Å². The van der Waals surface area contributed by atoms with Gasteiger partial charge in [0.2, 0.25) is 11.8 Å². The second-order valence-electron chi connectivity index (χ2n) is 6.61. The summed E-state index contributed by atoms with van der Waals surface area (Å²) in [6, 6.07) is 10.7. The van der Waals surface area contributed by atoms with E-state index in [1.54, 1.807) is 29.8 Å². The van der Waals surface area contributed by atoms with Crippen molar-refractivity contribution in [3.63, 3.8) is 0 Å². The molecule has 0 unspecified atom stereocenters. The van der Waals surface area contributed by atoms with Gasteiger partial charge in [-0.15, -0.1) is 10.2 Å². The van der Waals surface area contributed by atoms with Gasteiger partial charge in [-0.05, 0) is 71.5 Å². The first-order valence-corrected chi connectivity index (χ1v) is 11.9. The minimum absolute atomic E-state index is 0.0261. The average molecular weight is 590 g/mol. The van der Waals surface area contributed by atoms with Crippen molar-refractivity contribution in [2.24, 2.45) is 7.05 Å². The summed E-state index contributed by atoms with van der Waals surface area (Å²) in [5, 5.41) is 15.1. The van der Waals surface area contributed by atoms with Crippen LogP contribution in [0.15, 0.2) is 41.6 Å². The van der Waals surface area contributed by atoms with Gasteiger partial charge >= 0.3 is 0 Å². The van der Waals surface area contributed by atoms with Crippen molar-refractivity contribution in [2.75, 3.05) is 16.4 Å². The Hall–Kier alpha value is -1.82. The zero-order valence-electron chi connectivity index (χ0n) is 16.6. The van der Waals surface area contributed by atoms with Gasteiger partial charge in [-0.3, -0.25) is 9.59 Å². The highest BCUT2D eigenvalue weighted by Gasteiger charge is 2.15. The number of nitrogens with zero attached hydrogens (tertiary/aromatic N) is 3. The molecule has 0 aliphatic rings. The molecule has 7 nitrogen and oxygen atoms in total. The molecule has 2 amide bonds. The summed E-state index contributed by atoms with van der Waals surface area (Å²) >= 11 is 15.3. The van der Waals surface area contributed by atoms with E-state index in [1.807, 2.05) is 25.1 Å². The van der Waals surface area contributed by atoms with Crippen LogP contribution in [0.2, 0.25) is 10.0 Å². The lowest BCUT2D eigenvalue weighted by Gasteiger charge is -2.09.